The second kappa shape index (κ2) is 16.9. The maximum atomic E-state index is 12.2. The summed E-state index contributed by atoms with van der Waals surface area (Å²) in [6.45, 7) is 6.47. The van der Waals surface area contributed by atoms with E-state index >= 15 is 0 Å². The Hall–Kier alpha value is -6.44. The lowest BCUT2D eigenvalue weighted by molar-refractivity contribution is -0.834. The Morgan fingerprint density at radius 2 is 0.754 bits per heavy atom. The fourth-order valence-electron chi connectivity index (χ4n) is 10.9. The van der Waals surface area contributed by atoms with Crippen LogP contribution in [-0.4, -0.2) is 50.2 Å². The first kappa shape index (κ1) is 43.8. The van der Waals surface area contributed by atoms with Crippen molar-refractivity contribution in [1.82, 2.24) is 9.13 Å². The maximum absolute atomic E-state index is 12.2. The summed E-state index contributed by atoms with van der Waals surface area (Å²) in [6, 6.07) is 43.6. The third-order valence-electron chi connectivity index (χ3n) is 13.4. The molecule has 8 heterocycles. The molecule has 0 aliphatic carbocycles. The van der Waals surface area contributed by atoms with Crippen molar-refractivity contribution in [2.24, 2.45) is 0 Å². The summed E-state index contributed by atoms with van der Waals surface area (Å²) in [5.74, 6) is 1.30. The number of allylic oxidation sites excluding steroid dienone is 4. The zero-order valence-electron chi connectivity index (χ0n) is 38.2. The molecule has 0 saturated carbocycles. The molecule has 0 unspecified atom stereocenters. The molecule has 0 fully saturated rings. The molecule has 0 radical (unpaired) electrons. The standard InChI is InChI=1S/C57H44N4O4S4/c1-33(62)66-29-37-9-5-13-41(25-37)53-45-17-19-47-54(42-14-6-10-38(26-42)30-67-34(2)63)49-21-23-51-56(44-16-8-12-40(28-44)32-69-36(4)65)52-24-22-50-55(43-15-7-11-39(27-43)31-68-35(3)64)48-20-18-46(53)59(48)57(58(45)47,60(49)51)61(50)52/h5-28H,29-32H2,1-4H3/q+2. The second-order valence-corrected chi connectivity index (χ2v) is 22.4. The molecule has 0 saturated heterocycles. The predicted octanol–water partition coefficient (Wildman–Crippen LogP) is 9.54. The van der Waals surface area contributed by atoms with Gasteiger partial charge in [0.05, 0.1) is 44.4 Å². The van der Waals surface area contributed by atoms with Crippen molar-refractivity contribution >= 4 is 101 Å². The highest BCUT2D eigenvalue weighted by Crippen LogP contribution is 2.53. The third kappa shape index (κ3) is 6.93. The Bertz CT molecular complexity index is 3470. The highest BCUT2D eigenvalue weighted by Gasteiger charge is 2.73. The number of aromatic nitrogens is 2. The van der Waals surface area contributed by atoms with Crippen LogP contribution in [0.15, 0.2) is 157 Å². The topological polar surface area (TPSA) is 84.2 Å². The molecule has 12 rings (SSSR count). The fourth-order valence-corrected chi connectivity index (χ4v) is 13.1. The molecule has 2 aromatic heterocycles. The minimum Gasteiger partial charge on any atom is -0.288 e. The molecule has 338 valence electrons. The number of carbonyl (C=O) groups excluding carboxylic acids is 4. The molecule has 6 aliphatic heterocycles. The van der Waals surface area contributed by atoms with E-state index in [0.717, 1.165) is 112 Å². The van der Waals surface area contributed by atoms with Crippen LogP contribution >= 0.6 is 47.0 Å². The minimum absolute atomic E-state index is 0.0832. The lowest BCUT2D eigenvalue weighted by atomic mass is 9.92. The molecule has 69 heavy (non-hydrogen) atoms. The number of hydrogen-bond donors (Lipinski definition) is 0. The molecule has 8 nitrogen and oxygen atoms in total. The Balaban J connectivity index is 1.21. The van der Waals surface area contributed by atoms with E-state index in [1.54, 1.807) is 27.7 Å². The number of nitrogens with zero attached hydrogens (tertiary/aromatic N) is 4. The van der Waals surface area contributed by atoms with Gasteiger partial charge >= 0.3 is 5.91 Å². The van der Waals surface area contributed by atoms with Crippen LogP contribution in [-0.2, 0) is 48.1 Å². The van der Waals surface area contributed by atoms with Crippen molar-refractivity contribution in [1.29, 1.82) is 0 Å². The first-order chi connectivity index (χ1) is 33.5. The van der Waals surface area contributed by atoms with Gasteiger partial charge in [0.25, 0.3) is 0 Å². The number of benzene rings is 4. The van der Waals surface area contributed by atoms with Crippen molar-refractivity contribution < 1.29 is 28.3 Å². The van der Waals surface area contributed by atoms with E-state index < -0.39 is 5.91 Å². The number of thioether (sulfide) groups is 4. The van der Waals surface area contributed by atoms with Gasteiger partial charge in [0.15, 0.2) is 20.5 Å². The molecule has 0 atom stereocenters. The summed E-state index contributed by atoms with van der Waals surface area (Å²) in [5.41, 5.74) is 19.3. The molecule has 6 aliphatic rings. The van der Waals surface area contributed by atoms with Crippen LogP contribution in [0.4, 0.5) is 0 Å². The monoisotopic (exact) mass is 976 g/mol. The van der Waals surface area contributed by atoms with E-state index in [1.807, 2.05) is 0 Å². The summed E-state index contributed by atoms with van der Waals surface area (Å²) in [4.78, 5) is 48.9. The highest BCUT2D eigenvalue weighted by atomic mass is 32.2. The van der Waals surface area contributed by atoms with E-state index in [1.165, 1.54) is 47.0 Å². The van der Waals surface area contributed by atoms with Crippen LogP contribution in [0.1, 0.15) is 83.6 Å². The van der Waals surface area contributed by atoms with Crippen LogP contribution in [0.5, 0.6) is 0 Å². The predicted molar refractivity (Wildman–Crippen MR) is 281 cm³/mol. The summed E-state index contributed by atoms with van der Waals surface area (Å²) >= 11 is 5.28. The van der Waals surface area contributed by atoms with Gasteiger partial charge in [-0.05, 0) is 93.0 Å². The van der Waals surface area contributed by atoms with Crippen molar-refractivity contribution in [3.63, 3.8) is 0 Å². The van der Waals surface area contributed by atoms with E-state index in [0.29, 0.717) is 23.0 Å². The van der Waals surface area contributed by atoms with Crippen molar-refractivity contribution in [2.45, 2.75) is 56.6 Å². The quantitative estimate of drug-likeness (QED) is 0.112. The highest BCUT2D eigenvalue weighted by molar-refractivity contribution is 8.13. The smallest absolute Gasteiger partial charge is 0.288 e. The second-order valence-electron chi connectivity index (χ2n) is 17.8. The van der Waals surface area contributed by atoms with Gasteiger partial charge in [-0.25, -0.2) is 0 Å². The largest absolute Gasteiger partial charge is 0.553 e. The van der Waals surface area contributed by atoms with Gasteiger partial charge < -0.3 is 0 Å². The Morgan fingerprint density at radius 1 is 0.420 bits per heavy atom. The van der Waals surface area contributed by atoms with Gasteiger partial charge in [-0.15, -0.1) is 0 Å². The molecular formula is C57H44N4O4S4+2. The summed E-state index contributed by atoms with van der Waals surface area (Å²) in [5, 5.41) is 2.46. The lowest BCUT2D eigenvalue weighted by Gasteiger charge is -2.41. The maximum Gasteiger partial charge on any atom is 0.553 e. The van der Waals surface area contributed by atoms with Crippen LogP contribution in [0, 0.1) is 0 Å². The number of hydrogen-bond acceptors (Lipinski definition) is 8. The van der Waals surface area contributed by atoms with E-state index in [4.69, 9.17) is 0 Å². The first-order valence-electron chi connectivity index (χ1n) is 22.8. The van der Waals surface area contributed by atoms with E-state index in [-0.39, 0.29) is 20.5 Å². The molecule has 1 spiro atoms. The third-order valence-corrected chi connectivity index (χ3v) is 16.9. The summed E-state index contributed by atoms with van der Waals surface area (Å²) in [7, 11) is 0. The Kier molecular flexibility index (Phi) is 10.7. The van der Waals surface area contributed by atoms with Gasteiger partial charge in [-0.2, -0.15) is 9.13 Å². The Morgan fingerprint density at radius 3 is 1.09 bits per heavy atom. The van der Waals surface area contributed by atoms with E-state index in [2.05, 4.69) is 164 Å². The molecule has 0 bridgehead atoms. The van der Waals surface area contributed by atoms with Crippen LogP contribution < -0.4 is 10.7 Å². The molecule has 12 heteroatoms. The van der Waals surface area contributed by atoms with Crippen molar-refractivity contribution in [3.8, 4) is 0 Å². The summed E-state index contributed by atoms with van der Waals surface area (Å²) in [6.07, 6.45) is 9.12. The summed E-state index contributed by atoms with van der Waals surface area (Å²) < 4.78 is 10.2. The van der Waals surface area contributed by atoms with Gasteiger partial charge in [0.1, 0.15) is 0 Å². The van der Waals surface area contributed by atoms with Crippen LogP contribution in [0.3, 0.4) is 0 Å². The molecule has 0 N–H and O–H groups in total. The van der Waals surface area contributed by atoms with Crippen LogP contribution in [0.25, 0.3) is 22.3 Å². The van der Waals surface area contributed by atoms with Crippen molar-refractivity contribution in [2.75, 3.05) is 0 Å². The number of rotatable bonds is 12. The van der Waals surface area contributed by atoms with Crippen molar-refractivity contribution in [3.05, 3.63) is 224 Å². The lowest BCUT2D eigenvalue weighted by Crippen LogP contribution is -2.71. The van der Waals surface area contributed by atoms with E-state index in [9.17, 15) is 19.2 Å². The fraction of sp³-hybridized carbons (Fsp3) is 0.158. The molecule has 0 amide bonds. The normalized spacial score (nSPS) is 16.2. The van der Waals surface area contributed by atoms with Gasteiger partial charge in [0.2, 0.25) is 22.8 Å². The first-order valence-corrected chi connectivity index (χ1v) is 26.8. The average Bonchev–Trinajstić information content (AvgIpc) is 4.18. The zero-order valence-corrected chi connectivity index (χ0v) is 41.5. The van der Waals surface area contributed by atoms with Gasteiger partial charge in [-0.3, -0.25) is 19.2 Å². The molecular weight excluding hydrogens is 933 g/mol. The minimum atomic E-state index is -1.00. The molecule has 6 aromatic rings. The van der Waals surface area contributed by atoms with Crippen LogP contribution in [0.2, 0.25) is 0 Å². The zero-order chi connectivity index (χ0) is 47.3. The average molecular weight is 977 g/mol. The SMILES string of the molecule is CC(=O)SCc1cccc(C2=C3C=CC4=[N+]3C35n6c2ccc6C(c2cccc(CSC(C)=O)c2)=C2C=CC(=[N+]23)C(c2cccc(CSC(C)=O)c2)=c2ccc(n25)=C4c2cccc(CSC(C)=O)c2)c1. The molecule has 4 aromatic carbocycles. The number of carbonyl (C=O) groups is 4. The Labute approximate surface area is 416 Å². The van der Waals surface area contributed by atoms with Gasteiger partial charge in [0, 0.05) is 75.0 Å². The van der Waals surface area contributed by atoms with Gasteiger partial charge in [-0.1, -0.05) is 129 Å².